The topological polar surface area (TPSA) is 88.1 Å². The zero-order valence-electron chi connectivity index (χ0n) is 15.4. The number of aromatic nitrogens is 3. The summed E-state index contributed by atoms with van der Waals surface area (Å²) in [5.74, 6) is -0.222. The van der Waals surface area contributed by atoms with Crippen LogP contribution in [0.4, 0.5) is 0 Å². The second kappa shape index (κ2) is 7.85. The monoisotopic (exact) mass is 393 g/mol. The van der Waals surface area contributed by atoms with Gasteiger partial charge in [-0.05, 0) is 41.5 Å². The first-order valence-corrected chi connectivity index (χ1v) is 9.89. The Bertz CT molecular complexity index is 1000. The highest BCUT2D eigenvalue weighted by Crippen LogP contribution is 2.25. The normalized spacial score (nSPS) is 13.1. The summed E-state index contributed by atoms with van der Waals surface area (Å²) >= 11 is 1.52. The minimum Gasteiger partial charge on any atom is -0.346 e. The SMILES string of the molecule is Cc1ncc2c(c1CNC(=O)c1cnccn1)CCN(C(=O)c1ccsc1)C2. The molecule has 1 N–H and O–H groups in total. The van der Waals surface area contributed by atoms with Crippen molar-refractivity contribution in [2.45, 2.75) is 26.4 Å². The van der Waals surface area contributed by atoms with E-state index in [-0.39, 0.29) is 17.5 Å². The number of carbonyl (C=O) groups excluding carboxylic acids is 2. The van der Waals surface area contributed by atoms with E-state index in [0.717, 1.165) is 28.8 Å². The number of hydrogen-bond acceptors (Lipinski definition) is 6. The Morgan fingerprint density at radius 1 is 1.25 bits per heavy atom. The maximum atomic E-state index is 12.6. The van der Waals surface area contributed by atoms with Crippen LogP contribution in [0.5, 0.6) is 0 Å². The van der Waals surface area contributed by atoms with Crippen LogP contribution in [0.3, 0.4) is 0 Å². The number of pyridine rings is 1. The van der Waals surface area contributed by atoms with Crippen molar-refractivity contribution in [1.82, 2.24) is 25.2 Å². The molecule has 0 aliphatic carbocycles. The number of rotatable bonds is 4. The van der Waals surface area contributed by atoms with Crippen LogP contribution < -0.4 is 5.32 Å². The number of fused-ring (bicyclic) bond motifs is 1. The van der Waals surface area contributed by atoms with Crippen LogP contribution in [0.15, 0.2) is 41.6 Å². The molecule has 28 heavy (non-hydrogen) atoms. The number of thiophene rings is 1. The molecule has 3 aromatic heterocycles. The second-order valence-electron chi connectivity index (χ2n) is 6.59. The zero-order valence-corrected chi connectivity index (χ0v) is 16.2. The van der Waals surface area contributed by atoms with E-state index in [1.54, 1.807) is 0 Å². The van der Waals surface area contributed by atoms with E-state index in [1.165, 1.54) is 35.5 Å². The van der Waals surface area contributed by atoms with E-state index in [0.29, 0.717) is 19.6 Å². The van der Waals surface area contributed by atoms with E-state index in [9.17, 15) is 9.59 Å². The Hall–Kier alpha value is -3.13. The van der Waals surface area contributed by atoms with Gasteiger partial charge in [0.15, 0.2) is 0 Å². The summed E-state index contributed by atoms with van der Waals surface area (Å²) < 4.78 is 0. The van der Waals surface area contributed by atoms with Gasteiger partial charge in [0.2, 0.25) is 0 Å². The van der Waals surface area contributed by atoms with E-state index in [1.807, 2.05) is 34.8 Å². The predicted molar refractivity (Wildman–Crippen MR) is 105 cm³/mol. The molecule has 1 aliphatic rings. The fraction of sp³-hybridized carbons (Fsp3) is 0.250. The molecular weight excluding hydrogens is 374 g/mol. The third-order valence-corrected chi connectivity index (χ3v) is 5.56. The predicted octanol–water partition coefficient (Wildman–Crippen LogP) is 2.37. The van der Waals surface area contributed by atoms with Gasteiger partial charge in [0.05, 0.1) is 11.8 Å². The minimum absolute atomic E-state index is 0.0463. The van der Waals surface area contributed by atoms with E-state index >= 15 is 0 Å². The van der Waals surface area contributed by atoms with E-state index in [4.69, 9.17) is 0 Å². The van der Waals surface area contributed by atoms with Gasteiger partial charge in [-0.3, -0.25) is 19.6 Å². The highest BCUT2D eigenvalue weighted by Gasteiger charge is 2.25. The first kappa shape index (κ1) is 18.2. The molecule has 0 atom stereocenters. The van der Waals surface area contributed by atoms with Crippen molar-refractivity contribution in [2.75, 3.05) is 6.54 Å². The van der Waals surface area contributed by atoms with Crippen molar-refractivity contribution in [3.05, 3.63) is 75.3 Å². The number of hydrogen-bond donors (Lipinski definition) is 1. The lowest BCUT2D eigenvalue weighted by Gasteiger charge is -2.30. The zero-order chi connectivity index (χ0) is 19.5. The highest BCUT2D eigenvalue weighted by molar-refractivity contribution is 7.08. The molecule has 0 aromatic carbocycles. The summed E-state index contributed by atoms with van der Waals surface area (Å²) in [5.41, 5.74) is 5.11. The summed E-state index contributed by atoms with van der Waals surface area (Å²) in [6, 6.07) is 1.85. The Kier molecular flexibility index (Phi) is 5.12. The maximum absolute atomic E-state index is 12.6. The molecule has 2 amide bonds. The van der Waals surface area contributed by atoms with Crippen LogP contribution in [-0.4, -0.2) is 38.2 Å². The molecule has 7 nitrogen and oxygen atoms in total. The van der Waals surface area contributed by atoms with Crippen molar-refractivity contribution < 1.29 is 9.59 Å². The van der Waals surface area contributed by atoms with E-state index in [2.05, 4.69) is 20.3 Å². The molecule has 0 saturated heterocycles. The summed E-state index contributed by atoms with van der Waals surface area (Å²) in [6.07, 6.45) is 7.04. The van der Waals surface area contributed by atoms with Crippen molar-refractivity contribution >= 4 is 23.2 Å². The molecule has 0 saturated carbocycles. The van der Waals surface area contributed by atoms with Gasteiger partial charge < -0.3 is 10.2 Å². The molecule has 0 fully saturated rings. The van der Waals surface area contributed by atoms with Crippen molar-refractivity contribution in [3.63, 3.8) is 0 Å². The third kappa shape index (κ3) is 3.63. The molecule has 3 aromatic rings. The lowest BCUT2D eigenvalue weighted by molar-refractivity contribution is 0.0734. The number of carbonyl (C=O) groups is 2. The summed E-state index contributed by atoms with van der Waals surface area (Å²) in [7, 11) is 0. The second-order valence-corrected chi connectivity index (χ2v) is 7.37. The van der Waals surface area contributed by atoms with Crippen LogP contribution in [0, 0.1) is 6.92 Å². The van der Waals surface area contributed by atoms with Crippen LogP contribution >= 0.6 is 11.3 Å². The summed E-state index contributed by atoms with van der Waals surface area (Å²) in [4.78, 5) is 39.2. The Morgan fingerprint density at radius 3 is 2.89 bits per heavy atom. The minimum atomic E-state index is -0.268. The standard InChI is InChI=1S/C20H19N5O2S/c1-13-17(9-24-19(26)18-10-21-4-5-22-18)16-2-6-25(11-15(16)8-23-13)20(27)14-3-7-28-12-14/h3-5,7-8,10,12H,2,6,9,11H2,1H3,(H,24,26). The van der Waals surface area contributed by atoms with Gasteiger partial charge in [0.1, 0.15) is 5.69 Å². The lowest BCUT2D eigenvalue weighted by atomic mass is 9.94. The highest BCUT2D eigenvalue weighted by atomic mass is 32.1. The molecule has 142 valence electrons. The maximum Gasteiger partial charge on any atom is 0.271 e. The van der Waals surface area contributed by atoms with Crippen LogP contribution in [0.1, 0.15) is 43.2 Å². The van der Waals surface area contributed by atoms with Crippen molar-refractivity contribution in [3.8, 4) is 0 Å². The molecule has 8 heteroatoms. The smallest absolute Gasteiger partial charge is 0.271 e. The third-order valence-electron chi connectivity index (χ3n) is 4.87. The fourth-order valence-corrected chi connectivity index (χ4v) is 4.00. The number of amides is 2. The van der Waals surface area contributed by atoms with Gasteiger partial charge in [0.25, 0.3) is 11.8 Å². The Labute approximate surface area is 166 Å². The van der Waals surface area contributed by atoms with Gasteiger partial charge in [0, 0.05) is 49.3 Å². The molecule has 4 heterocycles. The quantitative estimate of drug-likeness (QED) is 0.735. The Balaban J connectivity index is 1.51. The molecule has 0 spiro atoms. The summed E-state index contributed by atoms with van der Waals surface area (Å²) in [6.45, 7) is 3.49. The molecular formula is C20H19N5O2S. The van der Waals surface area contributed by atoms with E-state index < -0.39 is 0 Å². The number of aryl methyl sites for hydroxylation is 1. The number of nitrogens with one attached hydrogen (secondary N) is 1. The molecule has 0 bridgehead atoms. The average Bonchev–Trinajstić information content (AvgIpc) is 3.27. The van der Waals surface area contributed by atoms with Gasteiger partial charge >= 0.3 is 0 Å². The largest absolute Gasteiger partial charge is 0.346 e. The van der Waals surface area contributed by atoms with Crippen molar-refractivity contribution in [1.29, 1.82) is 0 Å². The first-order chi connectivity index (χ1) is 13.6. The van der Waals surface area contributed by atoms with Crippen molar-refractivity contribution in [2.24, 2.45) is 0 Å². The number of nitrogens with zero attached hydrogens (tertiary/aromatic N) is 4. The lowest BCUT2D eigenvalue weighted by Crippen LogP contribution is -2.37. The van der Waals surface area contributed by atoms with Gasteiger partial charge in [-0.1, -0.05) is 0 Å². The summed E-state index contributed by atoms with van der Waals surface area (Å²) in [5, 5.41) is 6.69. The van der Waals surface area contributed by atoms with Crippen LogP contribution in [0.25, 0.3) is 0 Å². The first-order valence-electron chi connectivity index (χ1n) is 8.95. The average molecular weight is 393 g/mol. The molecule has 0 unspecified atom stereocenters. The van der Waals surface area contributed by atoms with Gasteiger partial charge in [-0.25, -0.2) is 4.98 Å². The Morgan fingerprint density at radius 2 is 2.14 bits per heavy atom. The fourth-order valence-electron chi connectivity index (χ4n) is 3.37. The van der Waals surface area contributed by atoms with Gasteiger partial charge in [-0.15, -0.1) is 0 Å². The van der Waals surface area contributed by atoms with Crippen LogP contribution in [0.2, 0.25) is 0 Å². The molecule has 1 aliphatic heterocycles. The molecule has 0 radical (unpaired) electrons. The van der Waals surface area contributed by atoms with Gasteiger partial charge in [-0.2, -0.15) is 11.3 Å². The van der Waals surface area contributed by atoms with Crippen LogP contribution in [-0.2, 0) is 19.5 Å². The molecule has 4 rings (SSSR count).